The summed E-state index contributed by atoms with van der Waals surface area (Å²) in [5, 5.41) is 13.5. The van der Waals surface area contributed by atoms with E-state index in [2.05, 4.69) is 10.3 Å². The fourth-order valence-corrected chi connectivity index (χ4v) is 1.58. The number of hydrogen-bond acceptors (Lipinski definition) is 5. The van der Waals surface area contributed by atoms with E-state index in [9.17, 15) is 14.9 Å². The summed E-state index contributed by atoms with van der Waals surface area (Å²) < 4.78 is 4.89. The van der Waals surface area contributed by atoms with E-state index in [0.29, 0.717) is 13.0 Å². The van der Waals surface area contributed by atoms with Crippen molar-refractivity contribution in [1.82, 2.24) is 10.3 Å². The van der Waals surface area contributed by atoms with Gasteiger partial charge in [-0.3, -0.25) is 14.9 Å². The second-order valence-corrected chi connectivity index (χ2v) is 4.32. The molecule has 1 amide bonds. The van der Waals surface area contributed by atoms with E-state index >= 15 is 0 Å². The summed E-state index contributed by atoms with van der Waals surface area (Å²) in [6.07, 6.45) is 1.58. The number of pyridine rings is 1. The van der Waals surface area contributed by atoms with Gasteiger partial charge in [-0.25, -0.2) is 4.98 Å². The molecule has 1 rings (SSSR count). The molecule has 0 aliphatic heterocycles. The number of ether oxygens (including phenoxy) is 1. The molecule has 0 aliphatic rings. The van der Waals surface area contributed by atoms with Gasteiger partial charge in [0.05, 0.1) is 4.92 Å². The highest BCUT2D eigenvalue weighted by Gasteiger charge is 2.22. The van der Waals surface area contributed by atoms with Crippen LogP contribution in [-0.4, -0.2) is 35.6 Å². The Hall–Kier alpha value is -1.73. The maximum absolute atomic E-state index is 12.0. The molecule has 0 aliphatic carbocycles. The highest BCUT2D eigenvalue weighted by molar-refractivity contribution is 6.29. The third kappa shape index (κ3) is 4.46. The number of methoxy groups -OCH3 is 1. The summed E-state index contributed by atoms with van der Waals surface area (Å²) in [5.74, 6) is -0.556. The average molecular weight is 288 g/mol. The van der Waals surface area contributed by atoms with Crippen molar-refractivity contribution in [3.8, 4) is 0 Å². The van der Waals surface area contributed by atoms with Gasteiger partial charge in [-0.05, 0) is 19.4 Å². The summed E-state index contributed by atoms with van der Waals surface area (Å²) in [4.78, 5) is 25.7. The predicted molar refractivity (Wildman–Crippen MR) is 69.3 cm³/mol. The number of hydrogen-bond donors (Lipinski definition) is 1. The summed E-state index contributed by atoms with van der Waals surface area (Å²) in [5.41, 5.74) is -0.477. The molecule has 1 aromatic rings. The molecule has 0 radical (unpaired) electrons. The number of nitrogens with zero attached hydrogens (tertiary/aromatic N) is 2. The number of carbonyl (C=O) groups is 1. The normalized spacial score (nSPS) is 11.9. The predicted octanol–water partition coefficient (Wildman–Crippen LogP) is 1.80. The molecule has 1 N–H and O–H groups in total. The zero-order chi connectivity index (χ0) is 14.4. The molecular weight excluding hydrogens is 274 g/mol. The molecule has 1 aromatic heterocycles. The van der Waals surface area contributed by atoms with Crippen LogP contribution in [-0.2, 0) is 4.74 Å². The fraction of sp³-hybridized carbons (Fsp3) is 0.455. The van der Waals surface area contributed by atoms with Crippen molar-refractivity contribution in [1.29, 1.82) is 0 Å². The average Bonchev–Trinajstić information content (AvgIpc) is 2.35. The first kappa shape index (κ1) is 15.3. The largest absolute Gasteiger partial charge is 0.385 e. The van der Waals surface area contributed by atoms with Gasteiger partial charge in [0.2, 0.25) is 0 Å². The Morgan fingerprint density at radius 2 is 2.37 bits per heavy atom. The Balaban J connectivity index is 2.86. The first-order valence-corrected chi connectivity index (χ1v) is 5.93. The lowest BCUT2D eigenvalue weighted by Gasteiger charge is -2.13. The molecular formula is C11H14ClN3O4. The van der Waals surface area contributed by atoms with Crippen molar-refractivity contribution < 1.29 is 14.5 Å². The van der Waals surface area contributed by atoms with Crippen molar-refractivity contribution in [2.75, 3.05) is 13.7 Å². The van der Waals surface area contributed by atoms with Gasteiger partial charge in [-0.2, -0.15) is 0 Å². The Kier molecular flexibility index (Phi) is 5.65. The Bertz CT molecular complexity index is 481. The Labute approximate surface area is 115 Å². The van der Waals surface area contributed by atoms with Gasteiger partial charge in [0, 0.05) is 19.8 Å². The molecule has 0 fully saturated rings. The second-order valence-electron chi connectivity index (χ2n) is 3.94. The summed E-state index contributed by atoms with van der Waals surface area (Å²) in [7, 11) is 1.56. The summed E-state index contributed by atoms with van der Waals surface area (Å²) in [6.45, 7) is 2.27. The van der Waals surface area contributed by atoms with Gasteiger partial charge in [-0.1, -0.05) is 11.6 Å². The summed E-state index contributed by atoms with van der Waals surface area (Å²) >= 11 is 5.65. The van der Waals surface area contributed by atoms with Crippen LogP contribution in [0.4, 0.5) is 5.69 Å². The molecule has 0 bridgehead atoms. The minimum Gasteiger partial charge on any atom is -0.385 e. The van der Waals surface area contributed by atoms with Crippen LogP contribution in [0.1, 0.15) is 23.7 Å². The first-order valence-electron chi connectivity index (χ1n) is 5.55. The smallest absolute Gasteiger partial charge is 0.300 e. The van der Waals surface area contributed by atoms with Gasteiger partial charge in [0.1, 0.15) is 16.9 Å². The van der Waals surface area contributed by atoms with E-state index in [1.165, 1.54) is 6.07 Å². The van der Waals surface area contributed by atoms with Gasteiger partial charge in [-0.15, -0.1) is 0 Å². The number of carbonyl (C=O) groups excluding carboxylic acids is 1. The molecule has 0 aromatic carbocycles. The molecule has 0 saturated heterocycles. The van der Waals surface area contributed by atoms with E-state index in [1.807, 2.05) is 0 Å². The highest BCUT2D eigenvalue weighted by Crippen LogP contribution is 2.20. The second kappa shape index (κ2) is 7.01. The number of halogens is 1. The number of rotatable bonds is 6. The van der Waals surface area contributed by atoms with Crippen molar-refractivity contribution >= 4 is 23.2 Å². The molecule has 8 heteroatoms. The third-order valence-electron chi connectivity index (χ3n) is 2.42. The quantitative estimate of drug-likeness (QED) is 0.489. The van der Waals surface area contributed by atoms with Gasteiger partial charge >= 0.3 is 0 Å². The zero-order valence-electron chi connectivity index (χ0n) is 10.6. The molecule has 7 nitrogen and oxygen atoms in total. The van der Waals surface area contributed by atoms with E-state index in [4.69, 9.17) is 16.3 Å². The third-order valence-corrected chi connectivity index (χ3v) is 2.63. The lowest BCUT2D eigenvalue weighted by atomic mass is 10.2. The molecule has 0 saturated carbocycles. The van der Waals surface area contributed by atoms with E-state index in [-0.39, 0.29) is 22.4 Å². The van der Waals surface area contributed by atoms with Crippen molar-refractivity contribution in [3.05, 3.63) is 33.1 Å². The standard InChI is InChI=1S/C11H14ClN3O4/c1-7(3-4-19-2)14-11(16)8-5-10(12)13-6-9(8)15(17)18/h5-7H,3-4H2,1-2H3,(H,14,16). The van der Waals surface area contributed by atoms with Gasteiger partial charge in [0.25, 0.3) is 11.6 Å². The minimum atomic E-state index is -0.669. The SMILES string of the molecule is COCCC(C)NC(=O)c1cc(Cl)ncc1[N+](=O)[O-]. The molecule has 19 heavy (non-hydrogen) atoms. The number of nitrogens with one attached hydrogen (secondary N) is 1. The number of aromatic nitrogens is 1. The highest BCUT2D eigenvalue weighted by atomic mass is 35.5. The maximum Gasteiger partial charge on any atom is 0.300 e. The number of amides is 1. The fourth-order valence-electron chi connectivity index (χ4n) is 1.42. The Morgan fingerprint density at radius 3 is 2.95 bits per heavy atom. The molecule has 1 heterocycles. The topological polar surface area (TPSA) is 94.4 Å². The van der Waals surface area contributed by atoms with E-state index in [1.54, 1.807) is 14.0 Å². The lowest BCUT2D eigenvalue weighted by molar-refractivity contribution is -0.385. The van der Waals surface area contributed by atoms with Crippen LogP contribution < -0.4 is 5.32 Å². The lowest BCUT2D eigenvalue weighted by Crippen LogP contribution is -2.33. The van der Waals surface area contributed by atoms with Crippen molar-refractivity contribution in [2.45, 2.75) is 19.4 Å². The van der Waals surface area contributed by atoms with Crippen LogP contribution >= 0.6 is 11.6 Å². The zero-order valence-corrected chi connectivity index (χ0v) is 11.3. The maximum atomic E-state index is 12.0. The molecule has 0 spiro atoms. The molecule has 1 atom stereocenters. The molecule has 104 valence electrons. The summed E-state index contributed by atoms with van der Waals surface area (Å²) in [6, 6.07) is 1.01. The van der Waals surface area contributed by atoms with E-state index in [0.717, 1.165) is 6.20 Å². The monoisotopic (exact) mass is 287 g/mol. The first-order chi connectivity index (χ1) is 8.95. The van der Waals surface area contributed by atoms with Crippen molar-refractivity contribution in [3.63, 3.8) is 0 Å². The van der Waals surface area contributed by atoms with Crippen LogP contribution in [0.2, 0.25) is 5.15 Å². The number of nitro groups is 1. The molecule has 1 unspecified atom stereocenters. The minimum absolute atomic E-state index is 0.0281. The Morgan fingerprint density at radius 1 is 1.68 bits per heavy atom. The van der Waals surface area contributed by atoms with Gasteiger partial charge in [0.15, 0.2) is 0 Å². The van der Waals surface area contributed by atoms with Crippen LogP contribution in [0.3, 0.4) is 0 Å². The van der Waals surface area contributed by atoms with Crippen molar-refractivity contribution in [2.24, 2.45) is 0 Å². The van der Waals surface area contributed by atoms with Crippen LogP contribution in [0.25, 0.3) is 0 Å². The van der Waals surface area contributed by atoms with Crippen LogP contribution in [0, 0.1) is 10.1 Å². The van der Waals surface area contributed by atoms with Gasteiger partial charge < -0.3 is 10.1 Å². The van der Waals surface area contributed by atoms with Crippen LogP contribution in [0.15, 0.2) is 12.3 Å². The van der Waals surface area contributed by atoms with E-state index < -0.39 is 10.8 Å². The van der Waals surface area contributed by atoms with Crippen LogP contribution in [0.5, 0.6) is 0 Å².